The number of amides is 1. The standard InChI is InChI=1S/C18H15N7O3S/c19-29(27,28)18-16(11-25(24-18)12-5-2-1-3-6-12)22-17(26)15-8-4-7-13(21-15)14-9-10-20-23-14/h1-11H,(H,20,23)(H,22,26)(H2,19,27,28). The number of rotatable bonds is 5. The number of anilines is 1. The molecule has 0 aliphatic carbocycles. The summed E-state index contributed by atoms with van der Waals surface area (Å²) >= 11 is 0. The predicted octanol–water partition coefficient (Wildman–Crippen LogP) is 1.56. The van der Waals surface area contributed by atoms with Gasteiger partial charge in [-0.05, 0) is 30.3 Å². The number of carbonyl (C=O) groups is 1. The van der Waals surface area contributed by atoms with Crippen molar-refractivity contribution < 1.29 is 13.2 Å². The van der Waals surface area contributed by atoms with Gasteiger partial charge in [0, 0.05) is 6.20 Å². The van der Waals surface area contributed by atoms with E-state index in [0.29, 0.717) is 17.1 Å². The third-order valence-electron chi connectivity index (χ3n) is 3.98. The summed E-state index contributed by atoms with van der Waals surface area (Å²) in [5, 5.41) is 18.0. The van der Waals surface area contributed by atoms with E-state index in [1.807, 2.05) is 6.07 Å². The highest BCUT2D eigenvalue weighted by molar-refractivity contribution is 7.89. The second-order valence-electron chi connectivity index (χ2n) is 6.01. The summed E-state index contributed by atoms with van der Waals surface area (Å²) in [5.74, 6) is -0.608. The first-order chi connectivity index (χ1) is 13.9. The molecule has 0 saturated carbocycles. The number of carbonyl (C=O) groups excluding carboxylic acids is 1. The summed E-state index contributed by atoms with van der Waals surface area (Å²) in [6, 6.07) is 15.4. The van der Waals surface area contributed by atoms with Crippen LogP contribution in [0.1, 0.15) is 10.5 Å². The molecule has 0 fully saturated rings. The van der Waals surface area contributed by atoms with E-state index in [0.717, 1.165) is 0 Å². The Bertz CT molecular complexity index is 1270. The van der Waals surface area contributed by atoms with Gasteiger partial charge >= 0.3 is 0 Å². The number of sulfonamides is 1. The Hall–Kier alpha value is -3.83. The molecule has 4 rings (SSSR count). The molecule has 0 spiro atoms. The average molecular weight is 409 g/mol. The predicted molar refractivity (Wildman–Crippen MR) is 105 cm³/mol. The summed E-state index contributed by atoms with van der Waals surface area (Å²) in [6.07, 6.45) is 2.95. The number of nitrogens with two attached hydrogens (primary N) is 1. The van der Waals surface area contributed by atoms with Crippen LogP contribution < -0.4 is 10.5 Å². The van der Waals surface area contributed by atoms with Crippen molar-refractivity contribution in [2.75, 3.05) is 5.32 Å². The van der Waals surface area contributed by atoms with Crippen molar-refractivity contribution in [2.24, 2.45) is 5.14 Å². The van der Waals surface area contributed by atoms with Gasteiger partial charge in [0.15, 0.2) is 0 Å². The Balaban J connectivity index is 1.68. The van der Waals surface area contributed by atoms with Crippen LogP contribution in [0.4, 0.5) is 5.69 Å². The number of hydrogen-bond donors (Lipinski definition) is 3. The summed E-state index contributed by atoms with van der Waals surface area (Å²) in [7, 11) is -4.17. The van der Waals surface area contributed by atoms with E-state index >= 15 is 0 Å². The number of aromatic nitrogens is 5. The number of nitrogens with one attached hydrogen (secondary N) is 2. The maximum Gasteiger partial charge on any atom is 0.274 e. The minimum Gasteiger partial charge on any atom is -0.317 e. The first kappa shape index (κ1) is 18.5. The van der Waals surface area contributed by atoms with Gasteiger partial charge in [0.05, 0.1) is 23.3 Å². The van der Waals surface area contributed by atoms with Gasteiger partial charge in [-0.3, -0.25) is 9.89 Å². The van der Waals surface area contributed by atoms with E-state index in [4.69, 9.17) is 5.14 Å². The van der Waals surface area contributed by atoms with Crippen LogP contribution in [0.2, 0.25) is 0 Å². The van der Waals surface area contributed by atoms with Crippen LogP contribution in [0.5, 0.6) is 0 Å². The van der Waals surface area contributed by atoms with Crippen LogP contribution in [0.25, 0.3) is 17.1 Å². The van der Waals surface area contributed by atoms with Crippen molar-refractivity contribution in [3.05, 3.63) is 72.7 Å². The minimum atomic E-state index is -4.17. The average Bonchev–Trinajstić information content (AvgIpc) is 3.39. The second-order valence-corrected chi connectivity index (χ2v) is 7.48. The van der Waals surface area contributed by atoms with Gasteiger partial charge in [0.25, 0.3) is 15.9 Å². The van der Waals surface area contributed by atoms with Gasteiger partial charge in [-0.2, -0.15) is 10.2 Å². The third-order valence-corrected chi connectivity index (χ3v) is 4.82. The molecule has 0 saturated heterocycles. The van der Waals surface area contributed by atoms with E-state index in [9.17, 15) is 13.2 Å². The van der Waals surface area contributed by atoms with Gasteiger partial charge in [-0.1, -0.05) is 24.3 Å². The fraction of sp³-hybridized carbons (Fsp3) is 0. The molecular weight excluding hydrogens is 394 g/mol. The molecule has 0 radical (unpaired) electrons. The highest BCUT2D eigenvalue weighted by atomic mass is 32.2. The number of para-hydroxylation sites is 1. The van der Waals surface area contributed by atoms with E-state index < -0.39 is 21.0 Å². The maximum absolute atomic E-state index is 12.7. The number of pyridine rings is 1. The van der Waals surface area contributed by atoms with Crippen LogP contribution in [-0.2, 0) is 10.0 Å². The Labute approximate surface area is 165 Å². The maximum atomic E-state index is 12.7. The van der Waals surface area contributed by atoms with Crippen molar-refractivity contribution in [2.45, 2.75) is 5.03 Å². The number of hydrogen-bond acceptors (Lipinski definition) is 6. The Morgan fingerprint density at radius 3 is 2.55 bits per heavy atom. The first-order valence-corrected chi connectivity index (χ1v) is 9.92. The van der Waals surface area contributed by atoms with E-state index in [-0.39, 0.29) is 11.4 Å². The molecule has 29 heavy (non-hydrogen) atoms. The fourth-order valence-electron chi connectivity index (χ4n) is 2.66. The van der Waals surface area contributed by atoms with E-state index in [1.54, 1.807) is 48.7 Å². The van der Waals surface area contributed by atoms with Crippen LogP contribution in [-0.4, -0.2) is 39.3 Å². The van der Waals surface area contributed by atoms with Crippen molar-refractivity contribution in [1.82, 2.24) is 25.0 Å². The van der Waals surface area contributed by atoms with Crippen molar-refractivity contribution in [3.63, 3.8) is 0 Å². The van der Waals surface area contributed by atoms with Crippen LogP contribution in [0.3, 0.4) is 0 Å². The highest BCUT2D eigenvalue weighted by Crippen LogP contribution is 2.22. The zero-order valence-electron chi connectivity index (χ0n) is 14.9. The molecule has 11 heteroatoms. The number of H-pyrrole nitrogens is 1. The second kappa shape index (κ2) is 7.30. The van der Waals surface area contributed by atoms with E-state index in [1.165, 1.54) is 16.9 Å². The van der Waals surface area contributed by atoms with Crippen molar-refractivity contribution in [1.29, 1.82) is 0 Å². The topological polar surface area (TPSA) is 149 Å². The lowest BCUT2D eigenvalue weighted by molar-refractivity contribution is 0.102. The SMILES string of the molecule is NS(=O)(=O)c1nn(-c2ccccc2)cc1NC(=O)c1cccc(-c2ccn[nH]2)n1. The fourth-order valence-corrected chi connectivity index (χ4v) is 3.28. The molecular formula is C18H15N7O3S. The number of primary sulfonamides is 1. The number of aromatic amines is 1. The molecule has 0 atom stereocenters. The summed E-state index contributed by atoms with van der Waals surface area (Å²) in [4.78, 5) is 17.0. The Morgan fingerprint density at radius 2 is 1.86 bits per heavy atom. The van der Waals surface area contributed by atoms with Gasteiger partial charge in [0.2, 0.25) is 5.03 Å². The van der Waals surface area contributed by atoms with Gasteiger partial charge in [0.1, 0.15) is 11.4 Å². The van der Waals surface area contributed by atoms with Crippen molar-refractivity contribution >= 4 is 21.6 Å². The number of nitrogens with zero attached hydrogens (tertiary/aromatic N) is 4. The normalized spacial score (nSPS) is 11.3. The molecule has 0 aliphatic heterocycles. The van der Waals surface area contributed by atoms with E-state index in [2.05, 4.69) is 25.6 Å². The smallest absolute Gasteiger partial charge is 0.274 e. The molecule has 4 N–H and O–H groups in total. The minimum absolute atomic E-state index is 0.0462. The lowest BCUT2D eigenvalue weighted by Gasteiger charge is -2.05. The molecule has 4 aromatic rings. The monoisotopic (exact) mass is 409 g/mol. The molecule has 0 aliphatic rings. The molecule has 146 valence electrons. The van der Waals surface area contributed by atoms with Crippen LogP contribution >= 0.6 is 0 Å². The third kappa shape index (κ3) is 3.90. The molecule has 10 nitrogen and oxygen atoms in total. The highest BCUT2D eigenvalue weighted by Gasteiger charge is 2.22. The number of benzene rings is 1. The largest absolute Gasteiger partial charge is 0.317 e. The quantitative estimate of drug-likeness (QED) is 0.455. The van der Waals surface area contributed by atoms with Gasteiger partial charge < -0.3 is 5.32 Å². The van der Waals surface area contributed by atoms with Gasteiger partial charge in [-0.25, -0.2) is 23.2 Å². The molecule has 1 amide bonds. The Morgan fingerprint density at radius 1 is 1.07 bits per heavy atom. The molecule has 1 aromatic carbocycles. The van der Waals surface area contributed by atoms with Crippen LogP contribution in [0, 0.1) is 0 Å². The zero-order chi connectivity index (χ0) is 20.4. The summed E-state index contributed by atoms with van der Waals surface area (Å²) < 4.78 is 25.2. The summed E-state index contributed by atoms with van der Waals surface area (Å²) in [5.41, 5.74) is 1.81. The van der Waals surface area contributed by atoms with Gasteiger partial charge in [-0.15, -0.1) is 0 Å². The molecule has 3 heterocycles. The summed E-state index contributed by atoms with van der Waals surface area (Å²) in [6.45, 7) is 0. The molecule has 0 bridgehead atoms. The van der Waals surface area contributed by atoms with Crippen molar-refractivity contribution in [3.8, 4) is 17.1 Å². The first-order valence-electron chi connectivity index (χ1n) is 8.38. The molecule has 3 aromatic heterocycles. The lowest BCUT2D eigenvalue weighted by atomic mass is 10.2. The Kier molecular flexibility index (Phi) is 4.66. The van der Waals surface area contributed by atoms with Crippen LogP contribution in [0.15, 0.2) is 72.0 Å². The zero-order valence-corrected chi connectivity index (χ0v) is 15.7. The molecule has 0 unspecified atom stereocenters. The lowest BCUT2D eigenvalue weighted by Crippen LogP contribution is -2.18.